The fraction of sp³-hybridized carbons (Fsp3) is 0.696. The number of anilines is 1. The zero-order valence-corrected chi connectivity index (χ0v) is 18.3. The third-order valence-corrected chi connectivity index (χ3v) is 6.75. The molecular formula is C23H34N2O4. The van der Waals surface area contributed by atoms with Crippen molar-refractivity contribution in [3.05, 3.63) is 24.3 Å². The Bertz CT molecular complexity index is 730. The Morgan fingerprint density at radius 3 is 2.28 bits per heavy atom. The Morgan fingerprint density at radius 1 is 1.00 bits per heavy atom. The number of carbonyl (C=O) groups is 1. The maximum Gasteiger partial charge on any atom is 0.415 e. The highest BCUT2D eigenvalue weighted by Gasteiger charge is 2.52. The lowest BCUT2D eigenvalue weighted by Gasteiger charge is -2.53. The number of carbonyl (C=O) groups excluding carboxylic acids is 1. The summed E-state index contributed by atoms with van der Waals surface area (Å²) in [7, 11) is 1.64. The normalized spacial score (nSPS) is 31.3. The maximum atomic E-state index is 12.8. The van der Waals surface area contributed by atoms with Crippen LogP contribution in [0.15, 0.2) is 24.3 Å². The van der Waals surface area contributed by atoms with E-state index in [-0.39, 0.29) is 35.4 Å². The van der Waals surface area contributed by atoms with E-state index in [0.29, 0.717) is 0 Å². The fourth-order valence-corrected chi connectivity index (χ4v) is 5.40. The molecule has 1 amide bonds. The van der Waals surface area contributed by atoms with Crippen LogP contribution in [-0.4, -0.2) is 47.6 Å². The van der Waals surface area contributed by atoms with Crippen LogP contribution in [0.25, 0.3) is 0 Å². The van der Waals surface area contributed by atoms with Crippen molar-refractivity contribution in [1.29, 1.82) is 0 Å². The van der Waals surface area contributed by atoms with Crippen LogP contribution in [0.5, 0.6) is 5.75 Å². The van der Waals surface area contributed by atoms with E-state index in [4.69, 9.17) is 14.3 Å². The van der Waals surface area contributed by atoms with E-state index in [1.165, 1.54) is 6.42 Å². The molecule has 1 aromatic rings. The van der Waals surface area contributed by atoms with Crippen LogP contribution in [0, 0.1) is 0 Å². The summed E-state index contributed by atoms with van der Waals surface area (Å²) in [4.78, 5) is 21.3. The maximum absolute atomic E-state index is 12.8. The predicted molar refractivity (Wildman–Crippen MR) is 112 cm³/mol. The van der Waals surface area contributed by atoms with Gasteiger partial charge in [-0.25, -0.2) is 4.79 Å². The Kier molecular flexibility index (Phi) is 5.28. The molecule has 6 nitrogen and oxygen atoms in total. The fourth-order valence-electron chi connectivity index (χ4n) is 5.40. The third-order valence-electron chi connectivity index (χ3n) is 6.75. The summed E-state index contributed by atoms with van der Waals surface area (Å²) in [6, 6.07) is 7.49. The molecule has 2 aliphatic heterocycles. The molecule has 0 bridgehead atoms. The van der Waals surface area contributed by atoms with E-state index < -0.39 is 0 Å². The molecule has 1 saturated carbocycles. The van der Waals surface area contributed by atoms with Crippen molar-refractivity contribution >= 4 is 11.8 Å². The molecule has 29 heavy (non-hydrogen) atoms. The van der Waals surface area contributed by atoms with Gasteiger partial charge in [0.15, 0.2) is 0 Å². The van der Waals surface area contributed by atoms with Gasteiger partial charge in [-0.1, -0.05) is 0 Å². The number of hydrogen-bond donors (Lipinski definition) is 0. The standard InChI is InChI=1S/C23H34N2O4/c1-22(2)14-7-15-23(3,4)25(22)29-19-9-6-8-18-20(19)24(21(26)28-18)16-10-12-17(27-5)13-11-16/h10-13,18-20H,6-9,14-15H2,1-5H3/t18-,19-,20-/m1/s1. The van der Waals surface area contributed by atoms with Crippen LogP contribution in [0.3, 0.4) is 0 Å². The molecule has 4 rings (SSSR count). The molecule has 3 fully saturated rings. The molecule has 1 aromatic carbocycles. The van der Waals surface area contributed by atoms with Crippen LogP contribution in [0.1, 0.15) is 66.2 Å². The number of methoxy groups -OCH3 is 1. The average molecular weight is 403 g/mol. The Morgan fingerprint density at radius 2 is 1.66 bits per heavy atom. The highest BCUT2D eigenvalue weighted by atomic mass is 16.7. The molecule has 0 N–H and O–H groups in total. The van der Waals surface area contributed by atoms with E-state index in [9.17, 15) is 4.79 Å². The lowest BCUT2D eigenvalue weighted by molar-refractivity contribution is -0.311. The first-order valence-corrected chi connectivity index (χ1v) is 10.8. The highest BCUT2D eigenvalue weighted by Crippen LogP contribution is 2.43. The predicted octanol–water partition coefficient (Wildman–Crippen LogP) is 4.92. The van der Waals surface area contributed by atoms with Crippen molar-refractivity contribution in [2.45, 2.75) is 95.5 Å². The van der Waals surface area contributed by atoms with Gasteiger partial charge in [-0.3, -0.25) is 9.74 Å². The minimum atomic E-state index is -0.280. The van der Waals surface area contributed by atoms with Crippen LogP contribution >= 0.6 is 0 Å². The van der Waals surface area contributed by atoms with Crippen molar-refractivity contribution in [1.82, 2.24) is 5.06 Å². The van der Waals surface area contributed by atoms with Gasteiger partial charge in [-0.2, -0.15) is 5.06 Å². The first-order valence-electron chi connectivity index (χ1n) is 10.8. The smallest absolute Gasteiger partial charge is 0.415 e. The van der Waals surface area contributed by atoms with Gasteiger partial charge in [0.25, 0.3) is 0 Å². The number of nitrogens with zero attached hydrogens (tertiary/aromatic N) is 2. The molecule has 2 heterocycles. The first kappa shape index (κ1) is 20.5. The number of piperidine rings is 1. The van der Waals surface area contributed by atoms with Crippen molar-refractivity contribution in [3.8, 4) is 5.75 Å². The number of hydrogen-bond acceptors (Lipinski definition) is 5. The molecule has 1 aliphatic carbocycles. The summed E-state index contributed by atoms with van der Waals surface area (Å²) < 4.78 is 11.0. The summed E-state index contributed by atoms with van der Waals surface area (Å²) in [5, 5.41) is 2.21. The van der Waals surface area contributed by atoms with Crippen molar-refractivity contribution < 1.29 is 19.1 Å². The van der Waals surface area contributed by atoms with Gasteiger partial charge in [-0.15, -0.1) is 0 Å². The first-order chi connectivity index (χ1) is 13.7. The topological polar surface area (TPSA) is 51.2 Å². The zero-order chi connectivity index (χ0) is 20.8. The minimum Gasteiger partial charge on any atom is -0.497 e. The van der Waals surface area contributed by atoms with E-state index in [1.807, 2.05) is 24.3 Å². The number of benzene rings is 1. The number of hydroxylamine groups is 2. The van der Waals surface area contributed by atoms with Crippen LogP contribution in [-0.2, 0) is 9.57 Å². The molecule has 160 valence electrons. The van der Waals surface area contributed by atoms with Gasteiger partial charge in [-0.05, 0) is 90.5 Å². The van der Waals surface area contributed by atoms with Gasteiger partial charge in [0, 0.05) is 16.8 Å². The van der Waals surface area contributed by atoms with Gasteiger partial charge in [0.1, 0.15) is 24.0 Å². The van der Waals surface area contributed by atoms with Gasteiger partial charge in [0.2, 0.25) is 0 Å². The summed E-state index contributed by atoms with van der Waals surface area (Å²) >= 11 is 0. The lowest BCUT2D eigenvalue weighted by atomic mass is 9.82. The Labute approximate surface area is 174 Å². The highest BCUT2D eigenvalue weighted by molar-refractivity contribution is 5.91. The molecule has 0 unspecified atom stereocenters. The summed E-state index contributed by atoms with van der Waals surface area (Å²) in [6.45, 7) is 9.02. The minimum absolute atomic E-state index is 0.0386. The van der Waals surface area contributed by atoms with Crippen molar-refractivity contribution in [3.63, 3.8) is 0 Å². The second kappa shape index (κ2) is 7.47. The number of rotatable bonds is 4. The average Bonchev–Trinajstić information content (AvgIpc) is 3.01. The number of fused-ring (bicyclic) bond motifs is 1. The molecule has 3 atom stereocenters. The monoisotopic (exact) mass is 402 g/mol. The second-order valence-electron chi connectivity index (χ2n) is 9.83. The zero-order valence-electron chi connectivity index (χ0n) is 18.3. The largest absolute Gasteiger partial charge is 0.497 e. The molecular weight excluding hydrogens is 368 g/mol. The number of amides is 1. The molecule has 3 aliphatic rings. The SMILES string of the molecule is COc1ccc(N2C(=O)O[C@@H]3CCC[C@@H](ON4C(C)(C)CCCC4(C)C)[C@@H]32)cc1. The van der Waals surface area contributed by atoms with Crippen molar-refractivity contribution in [2.24, 2.45) is 0 Å². The van der Waals surface area contributed by atoms with Gasteiger partial charge >= 0.3 is 6.09 Å². The van der Waals surface area contributed by atoms with E-state index in [1.54, 1.807) is 12.0 Å². The van der Waals surface area contributed by atoms with Gasteiger partial charge in [0.05, 0.1) is 7.11 Å². The molecule has 2 saturated heterocycles. The Balaban J connectivity index is 1.62. The van der Waals surface area contributed by atoms with Crippen LogP contribution < -0.4 is 9.64 Å². The van der Waals surface area contributed by atoms with E-state index in [2.05, 4.69) is 32.8 Å². The van der Waals surface area contributed by atoms with Crippen molar-refractivity contribution in [2.75, 3.05) is 12.0 Å². The quantitative estimate of drug-likeness (QED) is 0.716. The Hall–Kier alpha value is -1.79. The summed E-state index contributed by atoms with van der Waals surface area (Å²) in [5.74, 6) is 0.770. The van der Waals surface area contributed by atoms with E-state index in [0.717, 1.165) is 43.5 Å². The molecule has 0 spiro atoms. The van der Waals surface area contributed by atoms with Crippen LogP contribution in [0.2, 0.25) is 0 Å². The second-order valence-corrected chi connectivity index (χ2v) is 9.83. The summed E-state index contributed by atoms with van der Waals surface area (Å²) in [5.41, 5.74) is 0.752. The molecule has 6 heteroatoms. The molecule has 0 aromatic heterocycles. The summed E-state index contributed by atoms with van der Waals surface area (Å²) in [6.07, 6.45) is 5.74. The lowest BCUT2D eigenvalue weighted by Crippen LogP contribution is -2.62. The molecule has 0 radical (unpaired) electrons. The number of ether oxygens (including phenoxy) is 2. The third kappa shape index (κ3) is 3.73. The van der Waals surface area contributed by atoms with E-state index >= 15 is 0 Å². The van der Waals surface area contributed by atoms with Crippen LogP contribution in [0.4, 0.5) is 10.5 Å². The van der Waals surface area contributed by atoms with Gasteiger partial charge < -0.3 is 9.47 Å².